The summed E-state index contributed by atoms with van der Waals surface area (Å²) in [6.45, 7) is 4.10. The molecule has 0 spiro atoms. The van der Waals surface area contributed by atoms with Crippen LogP contribution in [-0.4, -0.2) is 27.6 Å². The van der Waals surface area contributed by atoms with Crippen LogP contribution in [0.25, 0.3) is 10.9 Å². The fourth-order valence-corrected chi connectivity index (χ4v) is 5.52. The molecule has 7 nitrogen and oxygen atoms in total. The second-order valence-corrected chi connectivity index (χ2v) is 9.62. The van der Waals surface area contributed by atoms with Crippen molar-refractivity contribution in [3.8, 4) is 5.75 Å². The number of hydrogen-bond donors (Lipinski definition) is 3. The van der Waals surface area contributed by atoms with Gasteiger partial charge in [0.05, 0.1) is 11.1 Å². The van der Waals surface area contributed by atoms with Gasteiger partial charge in [-0.05, 0) is 42.5 Å². The lowest BCUT2D eigenvalue weighted by Gasteiger charge is -2.34. The average Bonchev–Trinajstić information content (AvgIpc) is 3.21. The van der Waals surface area contributed by atoms with E-state index in [1.54, 1.807) is 30.5 Å². The van der Waals surface area contributed by atoms with Crippen LogP contribution in [0.4, 0.5) is 0 Å². The van der Waals surface area contributed by atoms with Crippen LogP contribution in [0.3, 0.4) is 0 Å². The molecule has 6 rings (SSSR count). The van der Waals surface area contributed by atoms with Gasteiger partial charge in [0.2, 0.25) is 11.3 Å². The maximum Gasteiger partial charge on any atom is 0.270 e. The molecule has 2 aromatic carbocycles. The largest absolute Gasteiger partial charge is 0.454 e. The van der Waals surface area contributed by atoms with Gasteiger partial charge in [0, 0.05) is 34.0 Å². The van der Waals surface area contributed by atoms with E-state index in [1.807, 2.05) is 30.3 Å². The quantitative estimate of drug-likeness (QED) is 0.543. The zero-order valence-corrected chi connectivity index (χ0v) is 19.5. The van der Waals surface area contributed by atoms with Crippen molar-refractivity contribution >= 4 is 22.6 Å². The number of amides is 1. The van der Waals surface area contributed by atoms with Crippen molar-refractivity contribution in [1.29, 1.82) is 0 Å². The smallest absolute Gasteiger partial charge is 0.270 e. The van der Waals surface area contributed by atoms with Crippen LogP contribution in [0, 0.1) is 0 Å². The fourth-order valence-electron chi connectivity index (χ4n) is 5.52. The first-order valence-electron chi connectivity index (χ1n) is 11.7. The number of ketones is 1. The Labute approximate surface area is 202 Å². The molecule has 2 aliphatic carbocycles. The second-order valence-electron chi connectivity index (χ2n) is 9.62. The van der Waals surface area contributed by atoms with Gasteiger partial charge in [-0.15, -0.1) is 0 Å². The Morgan fingerprint density at radius 1 is 1.20 bits per heavy atom. The molecule has 3 aromatic rings. The van der Waals surface area contributed by atoms with Gasteiger partial charge in [-0.1, -0.05) is 50.3 Å². The maximum atomic E-state index is 14.1. The monoisotopic (exact) mass is 467 g/mol. The number of rotatable bonds is 3. The summed E-state index contributed by atoms with van der Waals surface area (Å²) in [5, 5.41) is 15.7. The van der Waals surface area contributed by atoms with Crippen LogP contribution in [-0.2, 0) is 10.3 Å². The van der Waals surface area contributed by atoms with E-state index in [0.29, 0.717) is 51.9 Å². The first kappa shape index (κ1) is 21.6. The van der Waals surface area contributed by atoms with Crippen molar-refractivity contribution in [3.63, 3.8) is 0 Å². The Morgan fingerprint density at radius 3 is 2.80 bits per heavy atom. The molecule has 1 amide bonds. The maximum absolute atomic E-state index is 14.1. The third-order valence-corrected chi connectivity index (χ3v) is 7.32. The normalized spacial score (nSPS) is 24.7. The number of para-hydroxylation sites is 1. The number of fused-ring (bicyclic) bond motifs is 6. The molecule has 4 N–H and O–H groups in total. The van der Waals surface area contributed by atoms with Crippen LogP contribution < -0.4 is 15.8 Å². The van der Waals surface area contributed by atoms with Gasteiger partial charge in [0.25, 0.3) is 11.7 Å². The van der Waals surface area contributed by atoms with E-state index < -0.39 is 23.0 Å². The molecular weight excluding hydrogens is 442 g/mol. The van der Waals surface area contributed by atoms with E-state index >= 15 is 0 Å². The second kappa shape index (κ2) is 7.26. The van der Waals surface area contributed by atoms with E-state index in [-0.39, 0.29) is 11.5 Å². The summed E-state index contributed by atoms with van der Waals surface area (Å²) in [7, 11) is 0. The number of carbonyl (C=O) groups excluding carboxylic acids is 2. The minimum absolute atomic E-state index is 0.211. The summed E-state index contributed by atoms with van der Waals surface area (Å²) in [6, 6.07) is 14.4. The van der Waals surface area contributed by atoms with E-state index in [9.17, 15) is 14.7 Å². The van der Waals surface area contributed by atoms with Gasteiger partial charge < -0.3 is 20.9 Å². The first-order valence-corrected chi connectivity index (χ1v) is 11.7. The van der Waals surface area contributed by atoms with Crippen molar-refractivity contribution < 1.29 is 19.4 Å². The van der Waals surface area contributed by atoms with Gasteiger partial charge in [0.15, 0.2) is 0 Å². The van der Waals surface area contributed by atoms with Gasteiger partial charge in [-0.3, -0.25) is 14.6 Å². The predicted molar refractivity (Wildman–Crippen MR) is 131 cm³/mol. The standard InChI is InChI=1S/C28H25N3O4/c1-15(2)16-10-11-19-23(14-16)35-28(34)20-7-5-8-21(29)24(20)25(32)27(19,28)31-26(33)18-12-13-30-22-9-4-3-6-17(18)22/h3-4,6-7,9-15,34H,5,8,29H2,1-2H3,(H,31,33). The third-order valence-electron chi connectivity index (χ3n) is 7.32. The molecule has 1 saturated carbocycles. The van der Waals surface area contributed by atoms with Crippen LogP contribution in [0.2, 0.25) is 0 Å². The fraction of sp³-hybridized carbons (Fsp3) is 0.250. The Kier molecular flexibility index (Phi) is 4.47. The molecular formula is C28H25N3O4. The van der Waals surface area contributed by atoms with Crippen molar-refractivity contribution in [3.05, 3.63) is 94.3 Å². The minimum atomic E-state index is -2.11. The highest BCUT2D eigenvalue weighted by Crippen LogP contribution is 2.59. The first-order chi connectivity index (χ1) is 16.8. The Balaban J connectivity index is 1.57. The van der Waals surface area contributed by atoms with Gasteiger partial charge in [-0.2, -0.15) is 0 Å². The van der Waals surface area contributed by atoms with Gasteiger partial charge in [0.1, 0.15) is 5.75 Å². The summed E-state index contributed by atoms with van der Waals surface area (Å²) in [6.07, 6.45) is 4.40. The lowest BCUT2D eigenvalue weighted by atomic mass is 9.82. The van der Waals surface area contributed by atoms with E-state index in [0.717, 1.165) is 5.56 Å². The SMILES string of the molecule is CC(C)c1ccc2c(c1)OC1(O)C3=CCCC(N)=C3C(=O)C21NC(=O)c1ccnc2ccccc12. The summed E-state index contributed by atoms with van der Waals surface area (Å²) in [5.41, 5.74) is 7.74. The lowest BCUT2D eigenvalue weighted by molar-refractivity contribution is -0.152. The van der Waals surface area contributed by atoms with Crippen molar-refractivity contribution in [1.82, 2.24) is 10.3 Å². The number of hydrogen-bond acceptors (Lipinski definition) is 6. The van der Waals surface area contributed by atoms with Crippen molar-refractivity contribution in [2.45, 2.75) is 43.9 Å². The van der Waals surface area contributed by atoms with Crippen LogP contribution in [0.15, 0.2) is 77.6 Å². The third kappa shape index (κ3) is 2.73. The lowest BCUT2D eigenvalue weighted by Crippen LogP contribution is -2.62. The molecule has 2 heterocycles. The molecule has 1 aliphatic heterocycles. The molecule has 1 fully saturated rings. The highest BCUT2D eigenvalue weighted by Gasteiger charge is 2.74. The number of nitrogens with two attached hydrogens (primary N) is 1. The molecule has 0 radical (unpaired) electrons. The van der Waals surface area contributed by atoms with E-state index in [1.165, 1.54) is 0 Å². The van der Waals surface area contributed by atoms with Crippen LogP contribution >= 0.6 is 0 Å². The highest BCUT2D eigenvalue weighted by molar-refractivity contribution is 6.17. The number of benzene rings is 2. The number of allylic oxidation sites excluding steroid dienone is 2. The van der Waals surface area contributed by atoms with E-state index in [2.05, 4.69) is 24.1 Å². The molecule has 176 valence electrons. The molecule has 2 unspecified atom stereocenters. The Bertz CT molecular complexity index is 1500. The number of aliphatic hydroxyl groups is 1. The number of ether oxygens (including phenoxy) is 1. The van der Waals surface area contributed by atoms with Crippen molar-refractivity contribution in [2.75, 3.05) is 0 Å². The number of carbonyl (C=O) groups is 2. The molecule has 1 aromatic heterocycles. The Hall–Kier alpha value is -3.97. The van der Waals surface area contributed by atoms with Crippen LogP contribution in [0.1, 0.15) is 54.1 Å². The summed E-state index contributed by atoms with van der Waals surface area (Å²) in [4.78, 5) is 32.2. The molecule has 7 heteroatoms. The number of nitrogens with one attached hydrogen (secondary N) is 1. The number of aromatic nitrogens is 1. The van der Waals surface area contributed by atoms with Crippen LogP contribution in [0.5, 0.6) is 5.75 Å². The zero-order chi connectivity index (χ0) is 24.5. The number of pyridine rings is 1. The summed E-state index contributed by atoms with van der Waals surface area (Å²) < 4.78 is 6.17. The van der Waals surface area contributed by atoms with Crippen molar-refractivity contribution in [2.24, 2.45) is 5.73 Å². The zero-order valence-electron chi connectivity index (χ0n) is 19.5. The van der Waals surface area contributed by atoms with E-state index in [4.69, 9.17) is 10.5 Å². The van der Waals surface area contributed by atoms with Gasteiger partial charge in [-0.25, -0.2) is 0 Å². The van der Waals surface area contributed by atoms with Gasteiger partial charge >= 0.3 is 0 Å². The predicted octanol–water partition coefficient (Wildman–Crippen LogP) is 3.58. The topological polar surface area (TPSA) is 115 Å². The minimum Gasteiger partial charge on any atom is -0.454 e. The molecule has 0 bridgehead atoms. The molecule has 3 aliphatic rings. The number of Topliss-reactive ketones (excluding diaryl/α,β-unsaturated/α-hetero) is 1. The molecule has 0 saturated heterocycles. The summed E-state index contributed by atoms with van der Waals surface area (Å²) in [5.74, 6) is -2.51. The molecule has 35 heavy (non-hydrogen) atoms. The molecule has 2 atom stereocenters. The highest BCUT2D eigenvalue weighted by atomic mass is 16.6. The average molecular weight is 468 g/mol. The number of nitrogens with zero attached hydrogens (tertiary/aromatic N) is 1. The Morgan fingerprint density at radius 2 is 2.00 bits per heavy atom. The summed E-state index contributed by atoms with van der Waals surface area (Å²) >= 11 is 0.